The Kier molecular flexibility index (Phi) is 5.49. The molecule has 2 N–H and O–H groups in total. The van der Waals surface area contributed by atoms with Crippen LogP contribution in [0, 0.1) is 0 Å². The maximum atomic E-state index is 12.2. The number of nitrogens with two attached hydrogens (primary N) is 1. The number of para-hydroxylation sites is 2. The number of carbonyl (C=O) groups is 1. The normalized spacial score (nSPS) is 11.6. The van der Waals surface area contributed by atoms with E-state index in [-0.39, 0.29) is 17.1 Å². The van der Waals surface area contributed by atoms with Gasteiger partial charge in [0, 0.05) is 11.0 Å². The number of sulfonamides is 1. The predicted octanol–water partition coefficient (Wildman–Crippen LogP) is 2.25. The van der Waals surface area contributed by atoms with E-state index in [2.05, 4.69) is 15.9 Å². The summed E-state index contributed by atoms with van der Waals surface area (Å²) in [4.78, 5) is 23.9. The number of aromatic nitrogens is 1. The summed E-state index contributed by atoms with van der Waals surface area (Å²) in [6.45, 7) is 0.346. The highest BCUT2D eigenvalue weighted by atomic mass is 79.9. The van der Waals surface area contributed by atoms with Crippen molar-refractivity contribution in [2.24, 2.45) is 5.14 Å². The first-order valence-electron chi connectivity index (χ1n) is 7.85. The number of carbonyl (C=O) groups excluding carboxylic acids is 1. The molecule has 0 radical (unpaired) electrons. The number of primary sulfonamides is 1. The average Bonchev–Trinajstić information content (AvgIpc) is 2.93. The van der Waals surface area contributed by atoms with Crippen molar-refractivity contribution >= 4 is 43.0 Å². The topological polar surface area (TPSA) is 122 Å². The van der Waals surface area contributed by atoms with Crippen LogP contribution in [-0.4, -0.2) is 25.6 Å². The first-order chi connectivity index (χ1) is 12.8. The molecular formula is C17H15BrN2O6S. The fourth-order valence-electron chi connectivity index (χ4n) is 2.53. The summed E-state index contributed by atoms with van der Waals surface area (Å²) in [6, 6.07) is 10.9. The van der Waals surface area contributed by atoms with E-state index in [0.29, 0.717) is 28.5 Å². The van der Waals surface area contributed by atoms with Crippen molar-refractivity contribution < 1.29 is 22.4 Å². The lowest BCUT2D eigenvalue weighted by Gasteiger charge is -2.08. The van der Waals surface area contributed by atoms with E-state index in [4.69, 9.17) is 14.3 Å². The molecule has 1 heterocycles. The Morgan fingerprint density at radius 1 is 1.22 bits per heavy atom. The van der Waals surface area contributed by atoms with Crippen molar-refractivity contribution in [3.05, 3.63) is 63.1 Å². The largest absolute Gasteiger partial charge is 0.462 e. The third-order valence-corrected chi connectivity index (χ3v) is 5.42. The van der Waals surface area contributed by atoms with Crippen LogP contribution in [0.4, 0.5) is 0 Å². The van der Waals surface area contributed by atoms with Gasteiger partial charge in [-0.25, -0.2) is 23.1 Å². The highest BCUT2D eigenvalue weighted by Crippen LogP contribution is 2.21. The van der Waals surface area contributed by atoms with E-state index in [1.807, 2.05) is 0 Å². The molecule has 27 heavy (non-hydrogen) atoms. The summed E-state index contributed by atoms with van der Waals surface area (Å²) in [7, 11) is -3.93. The minimum Gasteiger partial charge on any atom is -0.462 e. The van der Waals surface area contributed by atoms with Crippen LogP contribution in [0.3, 0.4) is 0 Å². The molecule has 0 aliphatic rings. The first kappa shape index (κ1) is 19.3. The summed E-state index contributed by atoms with van der Waals surface area (Å²) in [6.07, 6.45) is 0.377. The second-order valence-corrected chi connectivity index (χ2v) is 8.08. The van der Waals surface area contributed by atoms with Crippen LogP contribution in [-0.2, 0) is 21.3 Å². The van der Waals surface area contributed by atoms with Gasteiger partial charge in [-0.3, -0.25) is 4.57 Å². The van der Waals surface area contributed by atoms with Crippen LogP contribution in [0.15, 0.2) is 61.0 Å². The lowest BCUT2D eigenvalue weighted by atomic mass is 10.2. The van der Waals surface area contributed by atoms with Crippen LogP contribution in [0.5, 0.6) is 0 Å². The molecule has 0 fully saturated rings. The summed E-state index contributed by atoms with van der Waals surface area (Å²) < 4.78 is 35.0. The number of rotatable bonds is 6. The Labute approximate surface area is 162 Å². The van der Waals surface area contributed by atoms with Gasteiger partial charge in [0.25, 0.3) is 0 Å². The fourth-order valence-corrected chi connectivity index (χ4v) is 3.48. The monoisotopic (exact) mass is 454 g/mol. The summed E-state index contributed by atoms with van der Waals surface area (Å²) in [5, 5.41) is 5.07. The van der Waals surface area contributed by atoms with E-state index in [1.54, 1.807) is 24.3 Å². The molecule has 0 atom stereocenters. The molecule has 3 aromatic rings. The first-order valence-corrected chi connectivity index (χ1v) is 10.2. The van der Waals surface area contributed by atoms with E-state index in [0.717, 1.165) is 6.07 Å². The van der Waals surface area contributed by atoms with Crippen LogP contribution in [0.2, 0.25) is 0 Å². The molecule has 0 amide bonds. The Balaban J connectivity index is 1.65. The Morgan fingerprint density at radius 2 is 1.96 bits per heavy atom. The van der Waals surface area contributed by atoms with E-state index in [1.165, 1.54) is 16.7 Å². The molecule has 0 aliphatic carbocycles. The highest BCUT2D eigenvalue weighted by Gasteiger charge is 2.17. The smallest absolute Gasteiger partial charge is 0.419 e. The molecule has 1 aromatic heterocycles. The molecule has 142 valence electrons. The van der Waals surface area contributed by atoms with E-state index in [9.17, 15) is 18.0 Å². The third-order valence-electron chi connectivity index (χ3n) is 3.82. The summed E-state index contributed by atoms with van der Waals surface area (Å²) in [5.74, 6) is -1.18. The third kappa shape index (κ3) is 4.29. The molecule has 0 bridgehead atoms. The second kappa shape index (κ2) is 7.67. The molecule has 8 nitrogen and oxygen atoms in total. The number of halogens is 1. The molecule has 10 heteroatoms. The number of ether oxygens (including phenoxy) is 1. The SMILES string of the molecule is NS(=O)(=O)c1ccc(Br)c(C(=O)OCCCn2c(=O)oc3ccccc32)c1. The molecule has 0 spiro atoms. The number of benzene rings is 2. The van der Waals surface area contributed by atoms with Gasteiger partial charge in [0.1, 0.15) is 0 Å². The van der Waals surface area contributed by atoms with Gasteiger partial charge in [0.2, 0.25) is 10.0 Å². The standard InChI is InChI=1S/C17H15BrN2O6S/c18-13-7-6-11(27(19,23)24)10-12(13)16(21)25-9-3-8-20-14-4-1-2-5-15(14)26-17(20)22/h1-2,4-7,10H,3,8-9H2,(H2,19,23,24). The number of nitrogens with zero attached hydrogens (tertiary/aromatic N) is 1. The summed E-state index contributed by atoms with van der Waals surface area (Å²) >= 11 is 3.18. The number of fused-ring (bicyclic) bond motifs is 1. The summed E-state index contributed by atoms with van der Waals surface area (Å²) in [5.41, 5.74) is 1.20. The quantitative estimate of drug-likeness (QED) is 0.450. The van der Waals surface area contributed by atoms with Crippen molar-refractivity contribution in [1.82, 2.24) is 4.57 Å². The zero-order valence-corrected chi connectivity index (χ0v) is 16.3. The van der Waals surface area contributed by atoms with Gasteiger partial charge in [0.15, 0.2) is 5.58 Å². The Morgan fingerprint density at radius 3 is 2.70 bits per heavy atom. The van der Waals surface area contributed by atoms with Gasteiger partial charge in [-0.15, -0.1) is 0 Å². The van der Waals surface area contributed by atoms with Crippen LogP contribution in [0.1, 0.15) is 16.8 Å². The van der Waals surface area contributed by atoms with E-state index >= 15 is 0 Å². The fraction of sp³-hybridized carbons (Fsp3) is 0.176. The van der Waals surface area contributed by atoms with Gasteiger partial charge in [-0.2, -0.15) is 0 Å². The van der Waals surface area contributed by atoms with Crippen LogP contribution in [0.25, 0.3) is 11.1 Å². The molecule has 0 saturated carbocycles. The van der Waals surface area contributed by atoms with Crippen molar-refractivity contribution in [2.45, 2.75) is 17.9 Å². The maximum Gasteiger partial charge on any atom is 0.419 e. The lowest BCUT2D eigenvalue weighted by Crippen LogP contribution is -2.17. The van der Waals surface area contributed by atoms with Gasteiger partial charge in [-0.05, 0) is 52.7 Å². The minimum atomic E-state index is -3.93. The molecule has 0 aliphatic heterocycles. The van der Waals surface area contributed by atoms with Crippen LogP contribution < -0.4 is 10.9 Å². The molecule has 0 unspecified atom stereocenters. The molecule has 0 saturated heterocycles. The number of esters is 1. The van der Waals surface area contributed by atoms with Gasteiger partial charge in [-0.1, -0.05) is 12.1 Å². The van der Waals surface area contributed by atoms with Gasteiger partial charge in [0.05, 0.1) is 22.6 Å². The number of hydrogen-bond acceptors (Lipinski definition) is 6. The molecular weight excluding hydrogens is 440 g/mol. The minimum absolute atomic E-state index is 0.0385. The second-order valence-electron chi connectivity index (χ2n) is 5.66. The van der Waals surface area contributed by atoms with Gasteiger partial charge >= 0.3 is 11.7 Å². The zero-order chi connectivity index (χ0) is 19.6. The highest BCUT2D eigenvalue weighted by molar-refractivity contribution is 9.10. The number of hydrogen-bond donors (Lipinski definition) is 1. The van der Waals surface area contributed by atoms with Crippen LogP contribution >= 0.6 is 15.9 Å². The molecule has 3 rings (SSSR count). The van der Waals surface area contributed by atoms with Crippen molar-refractivity contribution in [1.29, 1.82) is 0 Å². The number of aryl methyl sites for hydroxylation is 1. The van der Waals surface area contributed by atoms with E-state index < -0.39 is 21.7 Å². The Bertz CT molecular complexity index is 1170. The predicted molar refractivity (Wildman–Crippen MR) is 101 cm³/mol. The van der Waals surface area contributed by atoms with Crippen molar-refractivity contribution in [2.75, 3.05) is 6.61 Å². The lowest BCUT2D eigenvalue weighted by molar-refractivity contribution is 0.0494. The maximum absolute atomic E-state index is 12.2. The molecule has 2 aromatic carbocycles. The van der Waals surface area contributed by atoms with Crippen molar-refractivity contribution in [3.8, 4) is 0 Å². The van der Waals surface area contributed by atoms with Crippen molar-refractivity contribution in [3.63, 3.8) is 0 Å². The average molecular weight is 455 g/mol. The van der Waals surface area contributed by atoms with Gasteiger partial charge < -0.3 is 9.15 Å². The Hall–Kier alpha value is -2.43. The zero-order valence-electron chi connectivity index (χ0n) is 13.9. The number of oxazole rings is 1.